The Morgan fingerprint density at radius 3 is 3.00 bits per heavy atom. The molecule has 1 fully saturated rings. The molecular weight excluding hydrogens is 258 g/mol. The van der Waals surface area contributed by atoms with Gasteiger partial charge in [-0.1, -0.05) is 11.3 Å². The normalized spacial score (nSPS) is 19.6. The van der Waals surface area contributed by atoms with Crippen LogP contribution in [0, 0.1) is 11.6 Å². The summed E-state index contributed by atoms with van der Waals surface area (Å²) in [7, 11) is 1.91. The average molecular weight is 270 g/mol. The smallest absolute Gasteiger partial charge is 0.186 e. The third-order valence-electron chi connectivity index (χ3n) is 3.16. The highest BCUT2D eigenvalue weighted by molar-refractivity contribution is 7.22. The number of benzene rings is 1. The van der Waals surface area contributed by atoms with E-state index in [0.29, 0.717) is 16.4 Å². The van der Waals surface area contributed by atoms with E-state index in [4.69, 9.17) is 4.74 Å². The summed E-state index contributed by atoms with van der Waals surface area (Å²) in [6.07, 6.45) is 0.934. The summed E-state index contributed by atoms with van der Waals surface area (Å²) < 4.78 is 32.5. The third-order valence-corrected chi connectivity index (χ3v) is 4.25. The van der Waals surface area contributed by atoms with E-state index in [-0.39, 0.29) is 11.6 Å². The summed E-state index contributed by atoms with van der Waals surface area (Å²) in [6, 6.07) is 2.45. The van der Waals surface area contributed by atoms with Crippen molar-refractivity contribution in [3.8, 4) is 0 Å². The van der Waals surface area contributed by atoms with Crippen LogP contribution in [0.1, 0.15) is 6.42 Å². The van der Waals surface area contributed by atoms with Crippen molar-refractivity contribution < 1.29 is 13.5 Å². The van der Waals surface area contributed by atoms with E-state index in [2.05, 4.69) is 4.98 Å². The maximum Gasteiger partial charge on any atom is 0.186 e. The van der Waals surface area contributed by atoms with Crippen LogP contribution in [0.3, 0.4) is 0 Å². The topological polar surface area (TPSA) is 25.4 Å². The van der Waals surface area contributed by atoms with Gasteiger partial charge >= 0.3 is 0 Å². The van der Waals surface area contributed by atoms with Crippen LogP contribution in [0.15, 0.2) is 12.1 Å². The van der Waals surface area contributed by atoms with Gasteiger partial charge in [0.25, 0.3) is 0 Å². The Hall–Kier alpha value is -1.27. The number of fused-ring (bicyclic) bond motifs is 1. The lowest BCUT2D eigenvalue weighted by atomic mass is 10.2. The van der Waals surface area contributed by atoms with Crippen LogP contribution in [0.2, 0.25) is 0 Å². The van der Waals surface area contributed by atoms with Crippen molar-refractivity contribution in [3.05, 3.63) is 23.8 Å². The quantitative estimate of drug-likeness (QED) is 0.839. The second-order valence-electron chi connectivity index (χ2n) is 4.36. The molecule has 96 valence electrons. The van der Waals surface area contributed by atoms with Crippen molar-refractivity contribution in [1.82, 2.24) is 4.98 Å². The SMILES string of the molecule is CN(c1nc2c(F)cc(F)cc2s1)C1CCOC1. The van der Waals surface area contributed by atoms with E-state index in [1.807, 2.05) is 11.9 Å². The average Bonchev–Trinajstić information content (AvgIpc) is 2.96. The number of nitrogens with zero attached hydrogens (tertiary/aromatic N) is 2. The van der Waals surface area contributed by atoms with Crippen LogP contribution >= 0.6 is 11.3 Å². The van der Waals surface area contributed by atoms with Gasteiger partial charge in [-0.3, -0.25) is 0 Å². The molecule has 2 aromatic rings. The Labute approximate surface area is 107 Å². The summed E-state index contributed by atoms with van der Waals surface area (Å²) in [5, 5.41) is 0.699. The lowest BCUT2D eigenvalue weighted by Crippen LogP contribution is -2.31. The molecule has 0 bridgehead atoms. The van der Waals surface area contributed by atoms with Gasteiger partial charge in [0.1, 0.15) is 11.3 Å². The molecule has 1 aliphatic heterocycles. The maximum absolute atomic E-state index is 13.6. The Morgan fingerprint density at radius 1 is 1.44 bits per heavy atom. The molecule has 3 rings (SSSR count). The monoisotopic (exact) mass is 270 g/mol. The minimum Gasteiger partial charge on any atom is -0.379 e. The second-order valence-corrected chi connectivity index (χ2v) is 5.37. The van der Waals surface area contributed by atoms with E-state index in [9.17, 15) is 8.78 Å². The lowest BCUT2D eigenvalue weighted by Gasteiger charge is -2.21. The number of ether oxygens (including phenoxy) is 1. The van der Waals surface area contributed by atoms with Gasteiger partial charge in [-0.2, -0.15) is 0 Å². The van der Waals surface area contributed by atoms with Crippen LogP contribution < -0.4 is 4.90 Å². The fourth-order valence-electron chi connectivity index (χ4n) is 2.08. The van der Waals surface area contributed by atoms with E-state index in [1.165, 1.54) is 17.4 Å². The van der Waals surface area contributed by atoms with Crippen molar-refractivity contribution in [2.75, 3.05) is 25.2 Å². The molecule has 1 aromatic carbocycles. The molecule has 1 aliphatic rings. The molecule has 0 aliphatic carbocycles. The molecule has 0 spiro atoms. The van der Waals surface area contributed by atoms with Gasteiger partial charge in [-0.15, -0.1) is 0 Å². The van der Waals surface area contributed by atoms with E-state index >= 15 is 0 Å². The Bertz CT molecular complexity index is 581. The van der Waals surface area contributed by atoms with Crippen molar-refractivity contribution in [1.29, 1.82) is 0 Å². The highest BCUT2D eigenvalue weighted by Crippen LogP contribution is 2.32. The first-order valence-electron chi connectivity index (χ1n) is 5.71. The summed E-state index contributed by atoms with van der Waals surface area (Å²) in [5.41, 5.74) is 0.238. The van der Waals surface area contributed by atoms with Crippen LogP contribution in [-0.2, 0) is 4.74 Å². The van der Waals surface area contributed by atoms with E-state index < -0.39 is 11.6 Å². The van der Waals surface area contributed by atoms with Gasteiger partial charge in [-0.25, -0.2) is 13.8 Å². The first-order chi connectivity index (χ1) is 8.65. The first kappa shape index (κ1) is 11.8. The fraction of sp³-hybridized carbons (Fsp3) is 0.417. The van der Waals surface area contributed by atoms with E-state index in [1.54, 1.807) is 0 Å². The summed E-state index contributed by atoms with van der Waals surface area (Å²) >= 11 is 1.30. The molecule has 0 amide bonds. The lowest BCUT2D eigenvalue weighted by molar-refractivity contribution is 0.193. The van der Waals surface area contributed by atoms with Gasteiger partial charge in [0.15, 0.2) is 10.9 Å². The molecule has 1 atom stereocenters. The molecule has 0 saturated carbocycles. The molecule has 1 saturated heterocycles. The summed E-state index contributed by atoms with van der Waals surface area (Å²) in [4.78, 5) is 6.23. The molecule has 0 radical (unpaired) electrons. The zero-order valence-electron chi connectivity index (χ0n) is 9.82. The van der Waals surface area contributed by atoms with Gasteiger partial charge in [-0.05, 0) is 12.5 Å². The third kappa shape index (κ3) is 1.95. The first-order valence-corrected chi connectivity index (χ1v) is 6.53. The van der Waals surface area contributed by atoms with Gasteiger partial charge < -0.3 is 9.64 Å². The second kappa shape index (κ2) is 4.44. The predicted octanol–water partition coefficient (Wildman–Crippen LogP) is 2.80. The zero-order chi connectivity index (χ0) is 12.7. The van der Waals surface area contributed by atoms with Crippen LogP contribution in [0.4, 0.5) is 13.9 Å². The minimum atomic E-state index is -0.608. The number of anilines is 1. The van der Waals surface area contributed by atoms with Gasteiger partial charge in [0.05, 0.1) is 17.3 Å². The maximum atomic E-state index is 13.6. The molecule has 1 aromatic heterocycles. The van der Waals surface area contributed by atoms with Gasteiger partial charge in [0.2, 0.25) is 0 Å². The van der Waals surface area contributed by atoms with Gasteiger partial charge in [0, 0.05) is 19.7 Å². The molecule has 0 N–H and O–H groups in total. The molecule has 18 heavy (non-hydrogen) atoms. The van der Waals surface area contributed by atoms with Crippen molar-refractivity contribution in [2.24, 2.45) is 0 Å². The Kier molecular flexibility index (Phi) is 2.91. The van der Waals surface area contributed by atoms with E-state index in [0.717, 1.165) is 19.1 Å². The molecule has 6 heteroatoms. The van der Waals surface area contributed by atoms with Crippen LogP contribution in [-0.4, -0.2) is 31.3 Å². The summed E-state index contributed by atoms with van der Waals surface area (Å²) in [6.45, 7) is 1.39. The van der Waals surface area contributed by atoms with Crippen LogP contribution in [0.25, 0.3) is 10.2 Å². The largest absolute Gasteiger partial charge is 0.379 e. The highest BCUT2D eigenvalue weighted by atomic mass is 32.1. The molecule has 2 heterocycles. The Balaban J connectivity index is 1.99. The van der Waals surface area contributed by atoms with Crippen molar-refractivity contribution in [3.63, 3.8) is 0 Å². The van der Waals surface area contributed by atoms with Crippen molar-refractivity contribution >= 4 is 26.7 Å². The number of halogens is 2. The molecule has 1 unspecified atom stereocenters. The van der Waals surface area contributed by atoms with Crippen molar-refractivity contribution in [2.45, 2.75) is 12.5 Å². The number of hydrogen-bond donors (Lipinski definition) is 0. The number of rotatable bonds is 2. The Morgan fingerprint density at radius 2 is 2.28 bits per heavy atom. The fourth-order valence-corrected chi connectivity index (χ4v) is 3.12. The zero-order valence-corrected chi connectivity index (χ0v) is 10.6. The number of aromatic nitrogens is 1. The minimum absolute atomic E-state index is 0.238. The highest BCUT2D eigenvalue weighted by Gasteiger charge is 2.23. The number of thiazole rings is 1. The predicted molar refractivity (Wildman–Crippen MR) is 67.2 cm³/mol. The number of likely N-dealkylation sites (N-methyl/N-ethyl adjacent to an activating group) is 1. The summed E-state index contributed by atoms with van der Waals surface area (Å²) in [5.74, 6) is -1.18. The molecule has 3 nitrogen and oxygen atoms in total. The molecular formula is C12H12F2N2OS. The van der Waals surface area contributed by atoms with Crippen LogP contribution in [0.5, 0.6) is 0 Å². The number of hydrogen-bond acceptors (Lipinski definition) is 4. The standard InChI is InChI=1S/C12H12F2N2OS/c1-16(8-2-3-17-6-8)12-15-11-9(14)4-7(13)5-10(11)18-12/h4-5,8H,2-3,6H2,1H3.